The number of methoxy groups -OCH3 is 1. The molecule has 0 saturated heterocycles. The molecule has 1 aromatic carbocycles. The van der Waals surface area contributed by atoms with E-state index in [0.717, 1.165) is 11.3 Å². The van der Waals surface area contributed by atoms with E-state index in [1.807, 2.05) is 36.4 Å². The van der Waals surface area contributed by atoms with Gasteiger partial charge in [0.1, 0.15) is 11.6 Å². The summed E-state index contributed by atoms with van der Waals surface area (Å²) in [4.78, 5) is 0. The Balaban J connectivity index is 3.25. The highest BCUT2D eigenvalue weighted by Crippen LogP contribution is 2.29. The molecular formula is C10H12FIO. The Morgan fingerprint density at radius 2 is 2.00 bits per heavy atom. The first-order valence-corrected chi connectivity index (χ1v) is 5.17. The molecule has 1 rings (SSSR count). The Bertz CT molecular complexity index is 310. The van der Waals surface area contributed by atoms with E-state index in [9.17, 15) is 4.39 Å². The first-order chi connectivity index (χ1) is 6.06. The van der Waals surface area contributed by atoms with Gasteiger partial charge in [-0.15, -0.1) is 0 Å². The van der Waals surface area contributed by atoms with Gasteiger partial charge in [0.2, 0.25) is 0 Å². The maximum Gasteiger partial charge on any atom is 0.137 e. The molecule has 1 nitrogen and oxygen atoms in total. The number of rotatable bonds is 2. The van der Waals surface area contributed by atoms with Crippen molar-refractivity contribution in [2.24, 2.45) is 0 Å². The fourth-order valence-electron chi connectivity index (χ4n) is 1.17. The number of hydrogen-bond donors (Lipinski definition) is 0. The third-order valence-corrected chi connectivity index (χ3v) is 2.72. The van der Waals surface area contributed by atoms with Crippen molar-refractivity contribution in [2.75, 3.05) is 7.11 Å². The molecule has 0 atom stereocenters. The van der Waals surface area contributed by atoms with Crippen LogP contribution in [0.2, 0.25) is 0 Å². The average Bonchev–Trinajstić information content (AvgIpc) is 2.08. The number of ether oxygens (including phenoxy) is 1. The first-order valence-electron chi connectivity index (χ1n) is 4.09. The molecule has 13 heavy (non-hydrogen) atoms. The molecule has 1 aromatic rings. The minimum Gasteiger partial charge on any atom is -0.496 e. The van der Waals surface area contributed by atoms with Gasteiger partial charge in [0.05, 0.1) is 10.7 Å². The van der Waals surface area contributed by atoms with E-state index in [0.29, 0.717) is 3.57 Å². The zero-order chi connectivity index (χ0) is 10.0. The van der Waals surface area contributed by atoms with Crippen molar-refractivity contribution < 1.29 is 9.13 Å². The van der Waals surface area contributed by atoms with E-state index in [4.69, 9.17) is 4.74 Å². The van der Waals surface area contributed by atoms with Crippen LogP contribution in [0.5, 0.6) is 5.75 Å². The summed E-state index contributed by atoms with van der Waals surface area (Å²) < 4.78 is 19.0. The molecule has 0 aromatic heterocycles. The topological polar surface area (TPSA) is 9.23 Å². The molecule has 0 amide bonds. The summed E-state index contributed by atoms with van der Waals surface area (Å²) in [5.41, 5.74) is 0.917. The standard InChI is InChI=1S/C10H12FIO/c1-6(2)7-4-8(11)9(12)5-10(7)13-3/h4-6H,1-3H3. The van der Waals surface area contributed by atoms with Crippen LogP contribution < -0.4 is 4.74 Å². The highest BCUT2D eigenvalue weighted by atomic mass is 127. The largest absolute Gasteiger partial charge is 0.496 e. The highest BCUT2D eigenvalue weighted by Gasteiger charge is 2.11. The lowest BCUT2D eigenvalue weighted by Crippen LogP contribution is -1.97. The van der Waals surface area contributed by atoms with Crippen LogP contribution in [0, 0.1) is 9.39 Å². The van der Waals surface area contributed by atoms with Gasteiger partial charge in [0, 0.05) is 0 Å². The quantitative estimate of drug-likeness (QED) is 0.758. The van der Waals surface area contributed by atoms with E-state index in [1.54, 1.807) is 19.2 Å². The van der Waals surface area contributed by atoms with Crippen LogP contribution in [0.4, 0.5) is 4.39 Å². The van der Waals surface area contributed by atoms with Gasteiger partial charge in [0.15, 0.2) is 0 Å². The van der Waals surface area contributed by atoms with E-state index < -0.39 is 0 Å². The van der Waals surface area contributed by atoms with Gasteiger partial charge in [-0.05, 0) is 46.2 Å². The minimum absolute atomic E-state index is 0.176. The molecule has 0 unspecified atom stereocenters. The van der Waals surface area contributed by atoms with Crippen molar-refractivity contribution in [3.8, 4) is 5.75 Å². The lowest BCUT2D eigenvalue weighted by molar-refractivity contribution is 0.405. The van der Waals surface area contributed by atoms with Crippen molar-refractivity contribution in [3.05, 3.63) is 27.1 Å². The van der Waals surface area contributed by atoms with Gasteiger partial charge >= 0.3 is 0 Å². The first kappa shape index (κ1) is 10.8. The monoisotopic (exact) mass is 294 g/mol. The molecule has 0 heterocycles. The maximum atomic E-state index is 13.2. The zero-order valence-corrected chi connectivity index (χ0v) is 10.1. The van der Waals surface area contributed by atoms with E-state index in [1.165, 1.54) is 0 Å². The smallest absolute Gasteiger partial charge is 0.137 e. The molecule has 3 heteroatoms. The van der Waals surface area contributed by atoms with E-state index in [-0.39, 0.29) is 11.7 Å². The summed E-state index contributed by atoms with van der Waals surface area (Å²) in [6.45, 7) is 4.04. The van der Waals surface area contributed by atoms with E-state index in [2.05, 4.69) is 0 Å². The predicted molar refractivity (Wildman–Crippen MR) is 59.8 cm³/mol. The summed E-state index contributed by atoms with van der Waals surface area (Å²) >= 11 is 1.96. The Kier molecular flexibility index (Phi) is 3.53. The molecule has 0 N–H and O–H groups in total. The van der Waals surface area contributed by atoms with Crippen molar-refractivity contribution in [3.63, 3.8) is 0 Å². The fraction of sp³-hybridized carbons (Fsp3) is 0.400. The third kappa shape index (κ3) is 2.33. The number of halogens is 2. The molecule has 0 radical (unpaired) electrons. The summed E-state index contributed by atoms with van der Waals surface area (Å²) in [6, 6.07) is 3.27. The lowest BCUT2D eigenvalue weighted by atomic mass is 10.0. The van der Waals surface area contributed by atoms with Crippen LogP contribution >= 0.6 is 22.6 Å². The Labute approximate surface area is 91.4 Å². The van der Waals surface area contributed by atoms with Gasteiger partial charge in [-0.1, -0.05) is 13.8 Å². The van der Waals surface area contributed by atoms with Crippen LogP contribution in [0.3, 0.4) is 0 Å². The van der Waals surface area contributed by atoms with E-state index >= 15 is 0 Å². The molecule has 0 aliphatic carbocycles. The van der Waals surface area contributed by atoms with Crippen LogP contribution in [0.25, 0.3) is 0 Å². The summed E-state index contributed by atoms with van der Waals surface area (Å²) in [5.74, 6) is 0.868. The van der Waals surface area contributed by atoms with Gasteiger partial charge in [-0.25, -0.2) is 4.39 Å². The Hall–Kier alpha value is -0.320. The minimum atomic E-state index is -0.176. The van der Waals surface area contributed by atoms with Gasteiger partial charge in [-0.2, -0.15) is 0 Å². The summed E-state index contributed by atoms with van der Waals surface area (Å²) in [6.07, 6.45) is 0. The summed E-state index contributed by atoms with van der Waals surface area (Å²) in [5, 5.41) is 0. The predicted octanol–water partition coefficient (Wildman–Crippen LogP) is 3.56. The Morgan fingerprint density at radius 1 is 1.38 bits per heavy atom. The highest BCUT2D eigenvalue weighted by molar-refractivity contribution is 14.1. The van der Waals surface area contributed by atoms with Gasteiger partial charge < -0.3 is 4.74 Å². The average molecular weight is 294 g/mol. The van der Waals surface area contributed by atoms with Gasteiger partial charge in [-0.3, -0.25) is 0 Å². The number of benzene rings is 1. The molecule has 0 spiro atoms. The molecule has 0 bridgehead atoms. The second-order valence-corrected chi connectivity index (χ2v) is 4.33. The molecule has 0 saturated carbocycles. The van der Waals surface area contributed by atoms with Crippen molar-refractivity contribution >= 4 is 22.6 Å². The van der Waals surface area contributed by atoms with Crippen LogP contribution in [-0.2, 0) is 0 Å². The zero-order valence-electron chi connectivity index (χ0n) is 7.90. The molecule has 0 fully saturated rings. The van der Waals surface area contributed by atoms with Crippen molar-refractivity contribution in [1.29, 1.82) is 0 Å². The SMILES string of the molecule is COc1cc(I)c(F)cc1C(C)C. The maximum absolute atomic E-state index is 13.2. The van der Waals surface area contributed by atoms with Crippen molar-refractivity contribution in [1.82, 2.24) is 0 Å². The van der Waals surface area contributed by atoms with Crippen LogP contribution in [0.15, 0.2) is 12.1 Å². The Morgan fingerprint density at radius 3 is 2.46 bits per heavy atom. The van der Waals surface area contributed by atoms with Crippen LogP contribution in [0.1, 0.15) is 25.3 Å². The third-order valence-electron chi connectivity index (χ3n) is 1.89. The van der Waals surface area contributed by atoms with Gasteiger partial charge in [0.25, 0.3) is 0 Å². The number of hydrogen-bond acceptors (Lipinski definition) is 1. The molecule has 0 aliphatic heterocycles. The normalized spacial score (nSPS) is 10.6. The second kappa shape index (κ2) is 4.26. The molecule has 72 valence electrons. The van der Waals surface area contributed by atoms with Crippen LogP contribution in [-0.4, -0.2) is 7.11 Å². The van der Waals surface area contributed by atoms with Crippen molar-refractivity contribution in [2.45, 2.75) is 19.8 Å². The fourth-order valence-corrected chi connectivity index (χ4v) is 1.61. The molecule has 0 aliphatic rings. The molecular weight excluding hydrogens is 282 g/mol. The second-order valence-electron chi connectivity index (χ2n) is 3.16. The summed E-state index contributed by atoms with van der Waals surface area (Å²) in [7, 11) is 1.61. The lowest BCUT2D eigenvalue weighted by Gasteiger charge is -2.12.